The summed E-state index contributed by atoms with van der Waals surface area (Å²) in [6, 6.07) is 7.98. The molecule has 7 heteroatoms. The fourth-order valence-electron chi connectivity index (χ4n) is 2.09. The van der Waals surface area contributed by atoms with E-state index >= 15 is 0 Å². The molecule has 1 heterocycles. The van der Waals surface area contributed by atoms with Gasteiger partial charge in [-0.3, -0.25) is 4.79 Å². The zero-order chi connectivity index (χ0) is 17.7. The predicted molar refractivity (Wildman–Crippen MR) is 92.4 cm³/mol. The summed E-state index contributed by atoms with van der Waals surface area (Å²) in [5.41, 5.74) is 3.22. The van der Waals surface area contributed by atoms with Crippen molar-refractivity contribution < 1.29 is 9.21 Å². The van der Waals surface area contributed by atoms with Gasteiger partial charge < -0.3 is 9.32 Å². The normalized spacial score (nSPS) is 11.8. The fraction of sp³-hybridized carbons (Fsp3) is 0.412. The molecule has 0 bridgehead atoms. The molecule has 1 aromatic heterocycles. The van der Waals surface area contributed by atoms with Gasteiger partial charge in [-0.1, -0.05) is 17.8 Å². The highest BCUT2D eigenvalue weighted by Gasteiger charge is 2.21. The van der Waals surface area contributed by atoms with Crippen LogP contribution >= 0.6 is 11.8 Å². The first-order valence-corrected chi connectivity index (χ1v) is 8.50. The van der Waals surface area contributed by atoms with Crippen molar-refractivity contribution in [3.8, 4) is 17.5 Å². The van der Waals surface area contributed by atoms with E-state index in [0.717, 1.165) is 11.1 Å². The molecule has 2 rings (SSSR count). The van der Waals surface area contributed by atoms with Gasteiger partial charge in [0.1, 0.15) is 0 Å². The van der Waals surface area contributed by atoms with Gasteiger partial charge in [0.2, 0.25) is 11.8 Å². The van der Waals surface area contributed by atoms with E-state index in [1.54, 1.807) is 18.9 Å². The minimum atomic E-state index is -0.359. The van der Waals surface area contributed by atoms with Gasteiger partial charge in [0.15, 0.2) is 0 Å². The Labute approximate surface area is 145 Å². The summed E-state index contributed by atoms with van der Waals surface area (Å²) < 4.78 is 5.66. The molecule has 0 saturated carbocycles. The van der Waals surface area contributed by atoms with E-state index in [4.69, 9.17) is 9.68 Å². The highest BCUT2D eigenvalue weighted by Crippen LogP contribution is 2.27. The smallest absolute Gasteiger partial charge is 0.277 e. The number of nitrogens with zero attached hydrogens (tertiary/aromatic N) is 4. The Bertz CT molecular complexity index is 766. The molecule has 0 aliphatic carbocycles. The Morgan fingerprint density at radius 1 is 1.38 bits per heavy atom. The van der Waals surface area contributed by atoms with Crippen LogP contribution in [0.2, 0.25) is 0 Å². The molecule has 0 radical (unpaired) electrons. The van der Waals surface area contributed by atoms with E-state index in [0.29, 0.717) is 24.1 Å². The first-order chi connectivity index (χ1) is 11.4. The average molecular weight is 344 g/mol. The summed E-state index contributed by atoms with van der Waals surface area (Å²) in [6.07, 6.45) is 0.317. The van der Waals surface area contributed by atoms with Crippen LogP contribution in [-0.2, 0) is 4.79 Å². The van der Waals surface area contributed by atoms with E-state index in [1.165, 1.54) is 17.3 Å². The highest BCUT2D eigenvalue weighted by molar-refractivity contribution is 8.00. The summed E-state index contributed by atoms with van der Waals surface area (Å²) in [5.74, 6) is 0.374. The number of rotatable bonds is 6. The molecule has 1 atom stereocenters. The quantitative estimate of drug-likeness (QED) is 0.748. The number of amides is 1. The predicted octanol–water partition coefficient (Wildman–Crippen LogP) is 3.21. The molecule has 0 saturated heterocycles. The summed E-state index contributed by atoms with van der Waals surface area (Å²) >= 11 is 1.22. The van der Waals surface area contributed by atoms with E-state index in [9.17, 15) is 4.79 Å². The van der Waals surface area contributed by atoms with Crippen LogP contribution in [0.1, 0.15) is 24.5 Å². The van der Waals surface area contributed by atoms with Crippen molar-refractivity contribution in [3.63, 3.8) is 0 Å². The Hall–Kier alpha value is -2.33. The third-order valence-electron chi connectivity index (χ3n) is 3.72. The number of nitriles is 1. The summed E-state index contributed by atoms with van der Waals surface area (Å²) in [7, 11) is 1.69. The first kappa shape index (κ1) is 18.0. The van der Waals surface area contributed by atoms with Gasteiger partial charge in [-0.05, 0) is 44.0 Å². The van der Waals surface area contributed by atoms with Gasteiger partial charge in [-0.15, -0.1) is 10.2 Å². The van der Waals surface area contributed by atoms with Gasteiger partial charge in [-0.25, -0.2) is 0 Å². The number of carbonyl (C=O) groups excluding carboxylic acids is 1. The Morgan fingerprint density at radius 3 is 2.79 bits per heavy atom. The van der Waals surface area contributed by atoms with Crippen molar-refractivity contribution >= 4 is 17.7 Å². The number of carbonyl (C=O) groups is 1. The molecular weight excluding hydrogens is 324 g/mol. The Balaban J connectivity index is 2.04. The molecule has 126 valence electrons. The lowest BCUT2D eigenvalue weighted by atomic mass is 10.1. The van der Waals surface area contributed by atoms with Crippen LogP contribution in [0, 0.1) is 25.2 Å². The van der Waals surface area contributed by atoms with Crippen LogP contribution in [0.15, 0.2) is 27.8 Å². The number of aromatic nitrogens is 2. The minimum Gasteiger partial charge on any atom is -0.411 e. The average Bonchev–Trinajstić information content (AvgIpc) is 3.02. The van der Waals surface area contributed by atoms with Crippen molar-refractivity contribution in [2.45, 2.75) is 37.7 Å². The number of benzene rings is 1. The second-order valence-corrected chi connectivity index (χ2v) is 6.89. The van der Waals surface area contributed by atoms with Gasteiger partial charge in [0.05, 0.1) is 17.7 Å². The summed E-state index contributed by atoms with van der Waals surface area (Å²) in [5, 5.41) is 16.7. The summed E-state index contributed by atoms with van der Waals surface area (Å²) in [6.45, 7) is 6.28. The maximum Gasteiger partial charge on any atom is 0.277 e. The fourth-order valence-corrected chi connectivity index (χ4v) is 2.89. The minimum absolute atomic E-state index is 0.0684. The maximum absolute atomic E-state index is 12.2. The van der Waals surface area contributed by atoms with Crippen LogP contribution < -0.4 is 0 Å². The van der Waals surface area contributed by atoms with Gasteiger partial charge >= 0.3 is 0 Å². The van der Waals surface area contributed by atoms with Crippen molar-refractivity contribution in [3.05, 3.63) is 29.3 Å². The van der Waals surface area contributed by atoms with Crippen molar-refractivity contribution in [2.75, 3.05) is 13.6 Å². The Kier molecular flexibility index (Phi) is 5.99. The SMILES string of the molecule is Cc1ccc(-c2nnc(S[C@H](C)C(=O)N(C)CCC#N)o2)cc1C. The zero-order valence-electron chi connectivity index (χ0n) is 14.2. The standard InChI is InChI=1S/C17H20N4O2S/c1-11-6-7-14(10-12(11)2)15-19-20-17(23-15)24-13(3)16(22)21(4)9-5-8-18/h6-7,10,13H,5,9H2,1-4H3/t13-/m1/s1. The molecule has 1 aromatic carbocycles. The van der Waals surface area contributed by atoms with Crippen LogP contribution in [0.5, 0.6) is 0 Å². The zero-order valence-corrected chi connectivity index (χ0v) is 15.1. The molecule has 0 fully saturated rings. The number of thioether (sulfide) groups is 1. The molecule has 0 N–H and O–H groups in total. The number of aryl methyl sites for hydroxylation is 2. The molecule has 24 heavy (non-hydrogen) atoms. The van der Waals surface area contributed by atoms with Crippen LogP contribution in [0.3, 0.4) is 0 Å². The molecule has 0 aliphatic heterocycles. The lowest BCUT2D eigenvalue weighted by molar-refractivity contribution is -0.128. The van der Waals surface area contributed by atoms with Crippen LogP contribution in [0.25, 0.3) is 11.5 Å². The van der Waals surface area contributed by atoms with E-state index < -0.39 is 0 Å². The molecule has 0 aliphatic rings. The molecule has 1 amide bonds. The molecule has 0 unspecified atom stereocenters. The van der Waals surface area contributed by atoms with E-state index in [2.05, 4.69) is 10.2 Å². The maximum atomic E-state index is 12.2. The van der Waals surface area contributed by atoms with Crippen LogP contribution in [0.4, 0.5) is 0 Å². The van der Waals surface area contributed by atoms with Crippen molar-refractivity contribution in [1.29, 1.82) is 5.26 Å². The second-order valence-electron chi connectivity index (χ2n) is 5.60. The van der Waals surface area contributed by atoms with Crippen molar-refractivity contribution in [2.24, 2.45) is 0 Å². The second kappa shape index (κ2) is 7.97. The van der Waals surface area contributed by atoms with Gasteiger partial charge in [0, 0.05) is 19.2 Å². The lowest BCUT2D eigenvalue weighted by Crippen LogP contribution is -2.33. The van der Waals surface area contributed by atoms with Crippen LogP contribution in [-0.4, -0.2) is 39.8 Å². The number of hydrogen-bond donors (Lipinski definition) is 0. The molecule has 6 nitrogen and oxygen atoms in total. The lowest BCUT2D eigenvalue weighted by Gasteiger charge is -2.18. The first-order valence-electron chi connectivity index (χ1n) is 7.62. The molecule has 0 spiro atoms. The molecular formula is C17H20N4O2S. The monoisotopic (exact) mass is 344 g/mol. The van der Waals surface area contributed by atoms with Crippen molar-refractivity contribution in [1.82, 2.24) is 15.1 Å². The number of hydrogen-bond acceptors (Lipinski definition) is 6. The summed E-state index contributed by atoms with van der Waals surface area (Å²) in [4.78, 5) is 13.8. The van der Waals surface area contributed by atoms with Gasteiger partial charge in [0.25, 0.3) is 5.22 Å². The Morgan fingerprint density at radius 2 is 2.12 bits per heavy atom. The van der Waals surface area contributed by atoms with E-state index in [1.807, 2.05) is 38.1 Å². The van der Waals surface area contributed by atoms with Gasteiger partial charge in [-0.2, -0.15) is 5.26 Å². The third kappa shape index (κ3) is 4.36. The topological polar surface area (TPSA) is 83.0 Å². The largest absolute Gasteiger partial charge is 0.411 e. The highest BCUT2D eigenvalue weighted by atomic mass is 32.2. The molecule has 2 aromatic rings. The van der Waals surface area contributed by atoms with E-state index in [-0.39, 0.29) is 11.2 Å². The third-order valence-corrected chi connectivity index (χ3v) is 4.64.